The highest BCUT2D eigenvalue weighted by atomic mass is 19.1. The van der Waals surface area contributed by atoms with Crippen molar-refractivity contribution < 1.29 is 23.5 Å². The minimum Gasteiger partial charge on any atom is -0.481 e. The maximum Gasteiger partial charge on any atom is 0.315 e. The van der Waals surface area contributed by atoms with Crippen LogP contribution in [-0.2, 0) is 4.79 Å². The third kappa shape index (κ3) is 4.23. The number of nitrogens with one attached hydrogen (secondary N) is 2. The van der Waals surface area contributed by atoms with Gasteiger partial charge in [-0.3, -0.25) is 4.79 Å². The summed E-state index contributed by atoms with van der Waals surface area (Å²) in [5.74, 6) is -2.31. The summed E-state index contributed by atoms with van der Waals surface area (Å²) in [4.78, 5) is 24.7. The maximum atomic E-state index is 13.9. The lowest BCUT2D eigenvalue weighted by Crippen LogP contribution is -2.48. The molecule has 1 aromatic carbocycles. The van der Waals surface area contributed by atoms with E-state index in [0.717, 1.165) is 0 Å². The number of aliphatic carboxylic acids is 1. The zero-order valence-corrected chi connectivity index (χ0v) is 14.4. The van der Waals surface area contributed by atoms with Gasteiger partial charge in [0.2, 0.25) is 0 Å². The van der Waals surface area contributed by atoms with Gasteiger partial charge in [0.05, 0.1) is 5.92 Å². The third-order valence-corrected chi connectivity index (χ3v) is 5.19. The van der Waals surface area contributed by atoms with Crippen LogP contribution in [0.25, 0.3) is 0 Å². The molecule has 1 aliphatic heterocycles. The molecular weight excluding hydrogens is 344 g/mol. The minimum absolute atomic E-state index is 0.0351. The van der Waals surface area contributed by atoms with Gasteiger partial charge in [0.25, 0.3) is 0 Å². The molecule has 142 valence electrons. The summed E-state index contributed by atoms with van der Waals surface area (Å²) in [6.45, 7) is 0.809. The third-order valence-electron chi connectivity index (χ3n) is 5.19. The number of carbonyl (C=O) groups excluding carboxylic acids is 1. The monoisotopic (exact) mass is 367 g/mol. The number of urea groups is 1. The van der Waals surface area contributed by atoms with Gasteiger partial charge in [0.15, 0.2) is 0 Å². The van der Waals surface area contributed by atoms with Crippen molar-refractivity contribution in [3.63, 3.8) is 0 Å². The number of amides is 2. The number of nitrogens with zero attached hydrogens (tertiary/aromatic N) is 1. The molecule has 1 aromatic rings. The second-order valence-corrected chi connectivity index (χ2v) is 7.01. The van der Waals surface area contributed by atoms with Crippen molar-refractivity contribution in [2.45, 2.75) is 44.2 Å². The van der Waals surface area contributed by atoms with Crippen LogP contribution in [0.3, 0.4) is 0 Å². The lowest BCUT2D eigenvalue weighted by Gasteiger charge is -2.27. The van der Waals surface area contributed by atoms with Crippen LogP contribution >= 0.6 is 0 Å². The van der Waals surface area contributed by atoms with E-state index in [4.69, 9.17) is 5.11 Å². The van der Waals surface area contributed by atoms with Crippen molar-refractivity contribution in [1.82, 2.24) is 10.6 Å². The van der Waals surface area contributed by atoms with Gasteiger partial charge in [-0.2, -0.15) is 0 Å². The molecule has 3 rings (SSSR count). The van der Waals surface area contributed by atoms with Crippen LogP contribution in [0.2, 0.25) is 0 Å². The van der Waals surface area contributed by atoms with Crippen molar-refractivity contribution in [2.75, 3.05) is 18.0 Å². The van der Waals surface area contributed by atoms with E-state index in [-0.39, 0.29) is 29.7 Å². The summed E-state index contributed by atoms with van der Waals surface area (Å²) < 4.78 is 27.7. The summed E-state index contributed by atoms with van der Waals surface area (Å²) in [6.07, 6.45) is 3.00. The molecule has 2 fully saturated rings. The fourth-order valence-corrected chi connectivity index (χ4v) is 3.77. The summed E-state index contributed by atoms with van der Waals surface area (Å²) in [7, 11) is 0. The van der Waals surface area contributed by atoms with Crippen molar-refractivity contribution in [2.24, 2.45) is 5.92 Å². The van der Waals surface area contributed by atoms with E-state index < -0.39 is 17.6 Å². The van der Waals surface area contributed by atoms with Crippen LogP contribution in [0.5, 0.6) is 0 Å². The Morgan fingerprint density at radius 1 is 1.00 bits per heavy atom. The van der Waals surface area contributed by atoms with Crippen molar-refractivity contribution in [3.05, 3.63) is 29.8 Å². The Morgan fingerprint density at radius 3 is 2.23 bits per heavy atom. The molecule has 26 heavy (non-hydrogen) atoms. The van der Waals surface area contributed by atoms with E-state index in [0.29, 0.717) is 45.2 Å². The second-order valence-electron chi connectivity index (χ2n) is 7.01. The second kappa shape index (κ2) is 7.88. The standard InChI is InChI=1S/C18H23F2N3O3/c19-14-2-1-3-15(20)16(14)23-9-8-13(10-23)22-18(26)21-12-6-4-11(5-7-12)17(24)25/h1-3,11-13H,4-10H2,(H,24,25)(H2,21,22,26). The van der Waals surface area contributed by atoms with Gasteiger partial charge in [-0.1, -0.05) is 6.07 Å². The Morgan fingerprint density at radius 2 is 1.62 bits per heavy atom. The lowest BCUT2D eigenvalue weighted by molar-refractivity contribution is -0.142. The zero-order chi connectivity index (χ0) is 18.7. The Kier molecular flexibility index (Phi) is 5.58. The van der Waals surface area contributed by atoms with E-state index in [1.807, 2.05) is 0 Å². The van der Waals surface area contributed by atoms with Gasteiger partial charge in [0, 0.05) is 25.2 Å². The van der Waals surface area contributed by atoms with Crippen LogP contribution in [0.15, 0.2) is 18.2 Å². The fraction of sp³-hybridized carbons (Fsp3) is 0.556. The molecule has 1 atom stereocenters. The van der Waals surface area contributed by atoms with Gasteiger partial charge < -0.3 is 20.6 Å². The first kappa shape index (κ1) is 18.4. The highest BCUT2D eigenvalue weighted by Gasteiger charge is 2.30. The van der Waals surface area contributed by atoms with Crippen LogP contribution < -0.4 is 15.5 Å². The van der Waals surface area contributed by atoms with Crippen molar-refractivity contribution in [3.8, 4) is 0 Å². The van der Waals surface area contributed by atoms with Gasteiger partial charge in [0.1, 0.15) is 17.3 Å². The van der Waals surface area contributed by atoms with Crippen LogP contribution in [0, 0.1) is 17.6 Å². The number of para-hydroxylation sites is 1. The average Bonchev–Trinajstić information content (AvgIpc) is 3.03. The van der Waals surface area contributed by atoms with Gasteiger partial charge in [-0.05, 0) is 44.2 Å². The molecule has 0 bridgehead atoms. The van der Waals surface area contributed by atoms with Crippen LogP contribution in [0.1, 0.15) is 32.1 Å². The van der Waals surface area contributed by atoms with Crippen molar-refractivity contribution in [1.29, 1.82) is 0 Å². The molecule has 2 amide bonds. The van der Waals surface area contributed by atoms with E-state index in [1.165, 1.54) is 18.2 Å². The van der Waals surface area contributed by atoms with E-state index in [2.05, 4.69) is 10.6 Å². The Hall–Kier alpha value is -2.38. The number of hydrogen-bond acceptors (Lipinski definition) is 3. The Labute approximate surface area is 150 Å². The van der Waals surface area contributed by atoms with E-state index in [1.54, 1.807) is 4.90 Å². The maximum absolute atomic E-state index is 13.9. The number of halogens is 2. The predicted molar refractivity (Wildman–Crippen MR) is 92.0 cm³/mol. The number of carboxylic acids is 1. The molecule has 3 N–H and O–H groups in total. The van der Waals surface area contributed by atoms with Crippen molar-refractivity contribution >= 4 is 17.7 Å². The predicted octanol–water partition coefficient (Wildman–Crippen LogP) is 2.49. The van der Waals surface area contributed by atoms with Crippen LogP contribution in [-0.4, -0.2) is 42.3 Å². The molecule has 1 unspecified atom stereocenters. The van der Waals surface area contributed by atoms with E-state index >= 15 is 0 Å². The van der Waals surface area contributed by atoms with Crippen LogP contribution in [0.4, 0.5) is 19.3 Å². The molecule has 2 aliphatic rings. The highest BCUT2D eigenvalue weighted by molar-refractivity contribution is 5.75. The molecule has 1 saturated carbocycles. The summed E-state index contributed by atoms with van der Waals surface area (Å²) in [5, 5.41) is 14.7. The zero-order valence-electron chi connectivity index (χ0n) is 14.4. The SMILES string of the molecule is O=C(NC1CCC(C(=O)O)CC1)NC1CCN(c2c(F)cccc2F)C1. The highest BCUT2D eigenvalue weighted by Crippen LogP contribution is 2.27. The molecule has 0 radical (unpaired) electrons. The largest absolute Gasteiger partial charge is 0.481 e. The normalized spacial score (nSPS) is 25.8. The number of carboxylic acid groups (broad SMARTS) is 1. The number of rotatable bonds is 4. The van der Waals surface area contributed by atoms with Gasteiger partial charge in [-0.25, -0.2) is 13.6 Å². The Balaban J connectivity index is 1.47. The molecule has 1 aliphatic carbocycles. The lowest BCUT2D eigenvalue weighted by atomic mass is 9.86. The van der Waals surface area contributed by atoms with Gasteiger partial charge in [-0.15, -0.1) is 0 Å². The molecule has 0 aromatic heterocycles. The number of hydrogen-bond donors (Lipinski definition) is 3. The minimum atomic E-state index is -0.778. The number of anilines is 1. The molecule has 0 spiro atoms. The number of benzene rings is 1. The molecule has 1 saturated heterocycles. The first-order valence-corrected chi connectivity index (χ1v) is 8.93. The molecule has 1 heterocycles. The fourth-order valence-electron chi connectivity index (χ4n) is 3.77. The molecule has 8 heteroatoms. The van der Waals surface area contributed by atoms with Gasteiger partial charge >= 0.3 is 12.0 Å². The smallest absolute Gasteiger partial charge is 0.315 e. The average molecular weight is 367 g/mol. The molecule has 6 nitrogen and oxygen atoms in total. The topological polar surface area (TPSA) is 81.7 Å². The summed E-state index contributed by atoms with van der Waals surface area (Å²) in [5.41, 5.74) is -0.0517. The first-order valence-electron chi connectivity index (χ1n) is 8.93. The molecular formula is C18H23F2N3O3. The summed E-state index contributed by atoms with van der Waals surface area (Å²) >= 11 is 0. The quantitative estimate of drug-likeness (QED) is 0.764. The summed E-state index contributed by atoms with van der Waals surface area (Å²) in [6, 6.07) is 3.23. The Bertz CT molecular complexity index is 657. The number of carbonyl (C=O) groups is 2. The first-order chi connectivity index (χ1) is 12.4. The van der Waals surface area contributed by atoms with E-state index in [9.17, 15) is 18.4 Å².